The lowest BCUT2D eigenvalue weighted by Crippen LogP contribution is -2.38. The highest BCUT2D eigenvalue weighted by atomic mass is 16.2. The number of nitrogens with zero attached hydrogens (tertiary/aromatic N) is 1. The number of anilines is 1. The molecule has 120 valence electrons. The summed E-state index contributed by atoms with van der Waals surface area (Å²) in [6.45, 7) is 8.78. The van der Waals surface area contributed by atoms with E-state index in [2.05, 4.69) is 31.3 Å². The maximum atomic E-state index is 12.2. The summed E-state index contributed by atoms with van der Waals surface area (Å²) >= 11 is 0. The molecule has 1 aromatic carbocycles. The fourth-order valence-corrected chi connectivity index (χ4v) is 2.63. The molecule has 22 heavy (non-hydrogen) atoms. The Kier molecular flexibility index (Phi) is 5.22. The average molecular weight is 302 g/mol. The predicted molar refractivity (Wildman–Crippen MR) is 88.9 cm³/mol. The van der Waals surface area contributed by atoms with E-state index in [-0.39, 0.29) is 23.8 Å². The largest absolute Gasteiger partial charge is 0.353 e. The molecule has 1 heterocycles. The molecule has 1 saturated heterocycles. The molecule has 1 aromatic rings. The van der Waals surface area contributed by atoms with Gasteiger partial charge in [-0.05, 0) is 37.0 Å². The maximum absolute atomic E-state index is 12.2. The Hall–Kier alpha value is -1.84. The van der Waals surface area contributed by atoms with Crippen LogP contribution in [0.5, 0.6) is 0 Å². The number of rotatable bonds is 5. The van der Waals surface area contributed by atoms with Crippen LogP contribution in [0, 0.1) is 5.92 Å². The SMILES string of the molecule is CC[C@@H](C)NC(=O)[C@H]1CC(=O)N(c2ccc(C(C)C)cc2)C1. The van der Waals surface area contributed by atoms with Crippen molar-refractivity contribution in [2.45, 2.75) is 52.5 Å². The summed E-state index contributed by atoms with van der Waals surface area (Å²) in [7, 11) is 0. The molecule has 1 aliphatic heterocycles. The summed E-state index contributed by atoms with van der Waals surface area (Å²) in [5.41, 5.74) is 2.13. The van der Waals surface area contributed by atoms with E-state index in [1.807, 2.05) is 26.0 Å². The Balaban J connectivity index is 2.04. The van der Waals surface area contributed by atoms with E-state index in [9.17, 15) is 9.59 Å². The highest BCUT2D eigenvalue weighted by molar-refractivity contribution is 6.00. The second-order valence-corrected chi connectivity index (χ2v) is 6.47. The fraction of sp³-hybridized carbons (Fsp3) is 0.556. The zero-order chi connectivity index (χ0) is 16.3. The van der Waals surface area contributed by atoms with Gasteiger partial charge in [0.15, 0.2) is 0 Å². The first-order valence-corrected chi connectivity index (χ1v) is 8.13. The molecule has 4 heteroatoms. The van der Waals surface area contributed by atoms with Gasteiger partial charge in [-0.3, -0.25) is 9.59 Å². The molecule has 2 atom stereocenters. The van der Waals surface area contributed by atoms with Crippen molar-refractivity contribution in [3.8, 4) is 0 Å². The Bertz CT molecular complexity index is 537. The molecule has 0 unspecified atom stereocenters. The topological polar surface area (TPSA) is 49.4 Å². The molecule has 0 spiro atoms. The molecule has 0 saturated carbocycles. The van der Waals surface area contributed by atoms with Crippen LogP contribution in [0.15, 0.2) is 24.3 Å². The van der Waals surface area contributed by atoms with Crippen LogP contribution < -0.4 is 10.2 Å². The van der Waals surface area contributed by atoms with E-state index in [0.717, 1.165) is 12.1 Å². The summed E-state index contributed by atoms with van der Waals surface area (Å²) in [4.78, 5) is 26.1. The number of carbonyl (C=O) groups is 2. The quantitative estimate of drug-likeness (QED) is 0.908. The van der Waals surface area contributed by atoms with Crippen molar-refractivity contribution in [1.29, 1.82) is 0 Å². The summed E-state index contributed by atoms with van der Waals surface area (Å²) in [6.07, 6.45) is 1.20. The first-order valence-electron chi connectivity index (χ1n) is 8.13. The summed E-state index contributed by atoms with van der Waals surface area (Å²) in [5, 5.41) is 2.97. The van der Waals surface area contributed by atoms with Gasteiger partial charge in [0, 0.05) is 24.7 Å². The third-order valence-corrected chi connectivity index (χ3v) is 4.37. The molecule has 1 aliphatic rings. The van der Waals surface area contributed by atoms with Crippen LogP contribution in [0.3, 0.4) is 0 Å². The van der Waals surface area contributed by atoms with E-state index in [4.69, 9.17) is 0 Å². The number of carbonyl (C=O) groups excluding carboxylic acids is 2. The Morgan fingerprint density at radius 3 is 2.45 bits per heavy atom. The van der Waals surface area contributed by atoms with Crippen LogP contribution in [0.25, 0.3) is 0 Å². The lowest BCUT2D eigenvalue weighted by atomic mass is 10.0. The molecule has 0 aliphatic carbocycles. The third-order valence-electron chi connectivity index (χ3n) is 4.37. The van der Waals surface area contributed by atoms with Gasteiger partial charge in [0.1, 0.15) is 0 Å². The molecule has 0 aromatic heterocycles. The van der Waals surface area contributed by atoms with Gasteiger partial charge in [-0.25, -0.2) is 0 Å². The molecule has 4 nitrogen and oxygen atoms in total. The van der Waals surface area contributed by atoms with Crippen molar-refractivity contribution in [3.05, 3.63) is 29.8 Å². The molecular formula is C18H26N2O2. The highest BCUT2D eigenvalue weighted by Gasteiger charge is 2.35. The lowest BCUT2D eigenvalue weighted by Gasteiger charge is -2.18. The van der Waals surface area contributed by atoms with Crippen LogP contribution in [0.1, 0.15) is 52.0 Å². The van der Waals surface area contributed by atoms with Crippen LogP contribution in [-0.4, -0.2) is 24.4 Å². The zero-order valence-corrected chi connectivity index (χ0v) is 13.9. The van der Waals surface area contributed by atoms with E-state index in [1.165, 1.54) is 5.56 Å². The van der Waals surface area contributed by atoms with E-state index < -0.39 is 0 Å². The van der Waals surface area contributed by atoms with Crippen LogP contribution in [-0.2, 0) is 9.59 Å². The van der Waals surface area contributed by atoms with Gasteiger partial charge in [0.05, 0.1) is 5.92 Å². The van der Waals surface area contributed by atoms with Crippen LogP contribution in [0.2, 0.25) is 0 Å². The van der Waals surface area contributed by atoms with Gasteiger partial charge < -0.3 is 10.2 Å². The van der Waals surface area contributed by atoms with Crippen LogP contribution in [0.4, 0.5) is 5.69 Å². The molecule has 2 amide bonds. The predicted octanol–water partition coefficient (Wildman–Crippen LogP) is 3.08. The first-order chi connectivity index (χ1) is 10.4. The summed E-state index contributed by atoms with van der Waals surface area (Å²) < 4.78 is 0. The van der Waals surface area contributed by atoms with Crippen molar-refractivity contribution in [1.82, 2.24) is 5.32 Å². The third kappa shape index (κ3) is 3.67. The van der Waals surface area contributed by atoms with Crippen molar-refractivity contribution in [2.24, 2.45) is 5.92 Å². The lowest BCUT2D eigenvalue weighted by molar-refractivity contribution is -0.126. The molecule has 1 fully saturated rings. The molecule has 0 bridgehead atoms. The molecule has 2 rings (SSSR count). The van der Waals surface area contributed by atoms with Crippen molar-refractivity contribution >= 4 is 17.5 Å². The molecule has 0 radical (unpaired) electrons. The van der Waals surface area contributed by atoms with Gasteiger partial charge in [-0.15, -0.1) is 0 Å². The van der Waals surface area contributed by atoms with Gasteiger partial charge >= 0.3 is 0 Å². The number of hydrogen-bond acceptors (Lipinski definition) is 2. The second kappa shape index (κ2) is 6.95. The number of nitrogens with one attached hydrogen (secondary N) is 1. The van der Waals surface area contributed by atoms with E-state index >= 15 is 0 Å². The standard InChI is InChI=1S/C18H26N2O2/c1-5-13(4)19-18(22)15-10-17(21)20(11-15)16-8-6-14(7-9-16)12(2)3/h6-9,12-13,15H,5,10-11H2,1-4H3,(H,19,22)/t13-,15+/m1/s1. The maximum Gasteiger partial charge on any atom is 0.227 e. The van der Waals surface area contributed by atoms with E-state index in [0.29, 0.717) is 18.9 Å². The van der Waals surface area contributed by atoms with E-state index in [1.54, 1.807) is 4.90 Å². The second-order valence-electron chi connectivity index (χ2n) is 6.47. The fourth-order valence-electron chi connectivity index (χ4n) is 2.63. The monoisotopic (exact) mass is 302 g/mol. The Labute approximate surface area is 132 Å². The minimum atomic E-state index is -0.244. The van der Waals surface area contributed by atoms with Crippen molar-refractivity contribution in [3.63, 3.8) is 0 Å². The van der Waals surface area contributed by atoms with Gasteiger partial charge in [0.2, 0.25) is 11.8 Å². The number of amides is 2. The highest BCUT2D eigenvalue weighted by Crippen LogP contribution is 2.27. The van der Waals surface area contributed by atoms with Crippen molar-refractivity contribution < 1.29 is 9.59 Å². The normalized spacial score (nSPS) is 19.6. The average Bonchev–Trinajstić information content (AvgIpc) is 2.89. The molecule has 1 N–H and O–H groups in total. The zero-order valence-electron chi connectivity index (χ0n) is 13.9. The summed E-state index contributed by atoms with van der Waals surface area (Å²) in [6, 6.07) is 8.21. The first kappa shape index (κ1) is 16.5. The minimum Gasteiger partial charge on any atom is -0.353 e. The Morgan fingerprint density at radius 1 is 1.27 bits per heavy atom. The number of benzene rings is 1. The summed E-state index contributed by atoms with van der Waals surface area (Å²) in [5.74, 6) is 0.245. The number of hydrogen-bond donors (Lipinski definition) is 1. The smallest absolute Gasteiger partial charge is 0.227 e. The van der Waals surface area contributed by atoms with Crippen molar-refractivity contribution in [2.75, 3.05) is 11.4 Å². The van der Waals surface area contributed by atoms with Gasteiger partial charge in [-0.1, -0.05) is 32.9 Å². The van der Waals surface area contributed by atoms with Gasteiger partial charge in [-0.2, -0.15) is 0 Å². The molecular weight excluding hydrogens is 276 g/mol. The van der Waals surface area contributed by atoms with Gasteiger partial charge in [0.25, 0.3) is 0 Å². The van der Waals surface area contributed by atoms with Crippen LogP contribution >= 0.6 is 0 Å². The minimum absolute atomic E-state index is 0.0102. The Morgan fingerprint density at radius 2 is 1.91 bits per heavy atom.